The largest absolute Gasteiger partial charge is 0.463 e. The maximum absolute atomic E-state index is 12.0. The average molecular weight is 428 g/mol. The molecule has 0 aromatic heterocycles. The molecule has 0 bridgehead atoms. The molecule has 1 heterocycles. The maximum Gasteiger partial charge on any atom is 0.308 e. The van der Waals surface area contributed by atoms with Gasteiger partial charge in [0.05, 0.1) is 12.5 Å². The van der Waals surface area contributed by atoms with Gasteiger partial charge in [-0.3, -0.25) is 9.59 Å². The third-order valence-corrected chi connectivity index (χ3v) is 5.51. The van der Waals surface area contributed by atoms with Gasteiger partial charge in [0, 0.05) is 19.4 Å². The van der Waals surface area contributed by atoms with Crippen LogP contribution in [0.25, 0.3) is 0 Å². The van der Waals surface area contributed by atoms with Crippen molar-refractivity contribution < 1.29 is 23.8 Å². The summed E-state index contributed by atoms with van der Waals surface area (Å²) in [5.74, 6) is -0.399. The molecule has 176 valence electrons. The van der Waals surface area contributed by atoms with Crippen LogP contribution in [0, 0.1) is 0 Å². The van der Waals surface area contributed by atoms with Gasteiger partial charge in [-0.2, -0.15) is 0 Å². The van der Waals surface area contributed by atoms with E-state index < -0.39 is 6.29 Å². The second-order valence-corrected chi connectivity index (χ2v) is 8.78. The standard InChI is InChI=1S/C24H45NO5/c1-4-5-6-7-8-9-10-11-12-13-14-15-23(27)30-24-17-16-21(29-24)20-28-22(26)18-19-25(2)3/h21,24H,4-20H2,1-3H3. The van der Waals surface area contributed by atoms with E-state index in [1.807, 2.05) is 19.0 Å². The van der Waals surface area contributed by atoms with Crippen molar-refractivity contribution in [1.29, 1.82) is 0 Å². The zero-order chi connectivity index (χ0) is 22.0. The molecule has 0 N–H and O–H groups in total. The molecule has 0 saturated carbocycles. The molecule has 1 aliphatic heterocycles. The fourth-order valence-corrected chi connectivity index (χ4v) is 3.59. The quantitative estimate of drug-likeness (QED) is 0.220. The number of nitrogens with zero attached hydrogens (tertiary/aromatic N) is 1. The number of carbonyl (C=O) groups excluding carboxylic acids is 2. The monoisotopic (exact) mass is 427 g/mol. The van der Waals surface area contributed by atoms with Gasteiger partial charge >= 0.3 is 11.9 Å². The summed E-state index contributed by atoms with van der Waals surface area (Å²) in [7, 11) is 3.84. The molecule has 1 aliphatic rings. The van der Waals surface area contributed by atoms with E-state index in [0.29, 0.717) is 25.8 Å². The van der Waals surface area contributed by atoms with Crippen molar-refractivity contribution in [2.75, 3.05) is 27.2 Å². The lowest BCUT2D eigenvalue weighted by molar-refractivity contribution is -0.180. The minimum absolute atomic E-state index is 0.173. The van der Waals surface area contributed by atoms with E-state index in [2.05, 4.69) is 6.92 Å². The molecule has 0 radical (unpaired) electrons. The highest BCUT2D eigenvalue weighted by molar-refractivity contribution is 5.69. The summed E-state index contributed by atoms with van der Waals surface area (Å²) in [6.07, 6.45) is 15.5. The van der Waals surface area contributed by atoms with Gasteiger partial charge < -0.3 is 19.1 Å². The van der Waals surface area contributed by atoms with Crippen LogP contribution in [0.1, 0.15) is 103 Å². The lowest BCUT2D eigenvalue weighted by Gasteiger charge is -2.15. The first-order chi connectivity index (χ1) is 14.5. The highest BCUT2D eigenvalue weighted by Crippen LogP contribution is 2.22. The fraction of sp³-hybridized carbons (Fsp3) is 0.917. The minimum atomic E-state index is -0.490. The molecule has 6 heteroatoms. The Balaban J connectivity index is 1.94. The van der Waals surface area contributed by atoms with Gasteiger partial charge in [0.25, 0.3) is 0 Å². The number of unbranched alkanes of at least 4 members (excludes halogenated alkanes) is 10. The SMILES string of the molecule is CCCCCCCCCCCCCC(=O)OC1CCC(COC(=O)CCN(C)C)O1. The Kier molecular flexibility index (Phi) is 15.7. The number of carbonyl (C=O) groups is 2. The number of rotatable bonds is 18. The first-order valence-corrected chi connectivity index (χ1v) is 12.2. The zero-order valence-corrected chi connectivity index (χ0v) is 19.7. The summed E-state index contributed by atoms with van der Waals surface area (Å²) in [6, 6.07) is 0. The molecular weight excluding hydrogens is 382 g/mol. The Labute approximate surface area is 184 Å². The summed E-state index contributed by atoms with van der Waals surface area (Å²) in [5.41, 5.74) is 0. The van der Waals surface area contributed by atoms with Crippen LogP contribution >= 0.6 is 0 Å². The summed E-state index contributed by atoms with van der Waals surface area (Å²) in [5, 5.41) is 0. The van der Waals surface area contributed by atoms with Gasteiger partial charge in [0.15, 0.2) is 0 Å². The van der Waals surface area contributed by atoms with Crippen LogP contribution in [-0.2, 0) is 23.8 Å². The molecule has 6 nitrogen and oxygen atoms in total. The van der Waals surface area contributed by atoms with E-state index in [1.54, 1.807) is 0 Å². The lowest BCUT2D eigenvalue weighted by Crippen LogP contribution is -2.24. The van der Waals surface area contributed by atoms with Crippen molar-refractivity contribution in [3.8, 4) is 0 Å². The summed E-state index contributed by atoms with van der Waals surface area (Å²) in [6.45, 7) is 3.16. The number of hydrogen-bond donors (Lipinski definition) is 0. The van der Waals surface area contributed by atoms with E-state index >= 15 is 0 Å². The number of esters is 2. The molecule has 0 aromatic rings. The fourth-order valence-electron chi connectivity index (χ4n) is 3.59. The van der Waals surface area contributed by atoms with Crippen molar-refractivity contribution in [3.63, 3.8) is 0 Å². The molecule has 2 atom stereocenters. The van der Waals surface area contributed by atoms with E-state index in [4.69, 9.17) is 14.2 Å². The molecule has 0 spiro atoms. The van der Waals surface area contributed by atoms with Crippen LogP contribution < -0.4 is 0 Å². The normalized spacial score (nSPS) is 18.7. The summed E-state index contributed by atoms with van der Waals surface area (Å²) < 4.78 is 16.3. The smallest absolute Gasteiger partial charge is 0.308 e. The van der Waals surface area contributed by atoms with E-state index in [9.17, 15) is 9.59 Å². The van der Waals surface area contributed by atoms with E-state index in [1.165, 1.54) is 57.8 Å². The van der Waals surface area contributed by atoms with Gasteiger partial charge in [0.1, 0.15) is 6.61 Å². The van der Waals surface area contributed by atoms with Crippen molar-refractivity contribution in [2.24, 2.45) is 0 Å². The van der Waals surface area contributed by atoms with Crippen LogP contribution in [0.2, 0.25) is 0 Å². The van der Waals surface area contributed by atoms with Crippen molar-refractivity contribution >= 4 is 11.9 Å². The van der Waals surface area contributed by atoms with Gasteiger partial charge in [-0.1, -0.05) is 71.1 Å². The lowest BCUT2D eigenvalue weighted by atomic mass is 10.1. The zero-order valence-electron chi connectivity index (χ0n) is 19.7. The molecular formula is C24H45NO5. The van der Waals surface area contributed by atoms with Gasteiger partial charge in [0.2, 0.25) is 6.29 Å². The van der Waals surface area contributed by atoms with Crippen LogP contribution in [0.3, 0.4) is 0 Å². The second kappa shape index (κ2) is 17.5. The average Bonchev–Trinajstić information content (AvgIpc) is 3.16. The van der Waals surface area contributed by atoms with Gasteiger partial charge in [-0.05, 0) is 26.9 Å². The van der Waals surface area contributed by atoms with Gasteiger partial charge in [-0.25, -0.2) is 0 Å². The van der Waals surface area contributed by atoms with Gasteiger partial charge in [-0.15, -0.1) is 0 Å². The van der Waals surface area contributed by atoms with Crippen molar-refractivity contribution in [3.05, 3.63) is 0 Å². The summed E-state index contributed by atoms with van der Waals surface area (Å²) in [4.78, 5) is 25.6. The van der Waals surface area contributed by atoms with Crippen LogP contribution in [0.15, 0.2) is 0 Å². The Bertz CT molecular complexity index is 455. The Morgan fingerprint density at radius 2 is 1.43 bits per heavy atom. The highest BCUT2D eigenvalue weighted by Gasteiger charge is 2.28. The number of hydrogen-bond acceptors (Lipinski definition) is 6. The van der Waals surface area contributed by atoms with E-state index in [0.717, 1.165) is 19.3 Å². The molecule has 1 saturated heterocycles. The first-order valence-electron chi connectivity index (χ1n) is 12.2. The van der Waals surface area contributed by atoms with Crippen LogP contribution in [0.5, 0.6) is 0 Å². The second-order valence-electron chi connectivity index (χ2n) is 8.78. The Hall–Kier alpha value is -1.14. The highest BCUT2D eigenvalue weighted by atomic mass is 16.7. The first kappa shape index (κ1) is 26.9. The third-order valence-electron chi connectivity index (χ3n) is 5.51. The predicted octanol–water partition coefficient (Wildman–Crippen LogP) is 5.23. The molecule has 30 heavy (non-hydrogen) atoms. The molecule has 0 aliphatic carbocycles. The Morgan fingerprint density at radius 1 is 0.833 bits per heavy atom. The molecule has 0 aromatic carbocycles. The summed E-state index contributed by atoms with van der Waals surface area (Å²) >= 11 is 0. The van der Waals surface area contributed by atoms with Crippen LogP contribution in [-0.4, -0.2) is 56.5 Å². The molecule has 1 fully saturated rings. The third kappa shape index (κ3) is 14.8. The predicted molar refractivity (Wildman–Crippen MR) is 119 cm³/mol. The number of ether oxygens (including phenoxy) is 3. The van der Waals surface area contributed by atoms with Crippen LogP contribution in [0.4, 0.5) is 0 Å². The Morgan fingerprint density at radius 3 is 2.03 bits per heavy atom. The molecule has 0 amide bonds. The van der Waals surface area contributed by atoms with E-state index in [-0.39, 0.29) is 24.6 Å². The molecule has 1 rings (SSSR count). The maximum atomic E-state index is 12.0. The topological polar surface area (TPSA) is 65.1 Å². The minimum Gasteiger partial charge on any atom is -0.463 e. The van der Waals surface area contributed by atoms with Crippen molar-refractivity contribution in [2.45, 2.75) is 116 Å². The van der Waals surface area contributed by atoms with Crippen molar-refractivity contribution in [1.82, 2.24) is 4.90 Å². The molecule has 2 unspecified atom stereocenters.